The van der Waals surface area contributed by atoms with Crippen LogP contribution in [0.15, 0.2) is 11.4 Å². The average molecular weight is 269 g/mol. The molecule has 2 rings (SSSR count). The van der Waals surface area contributed by atoms with Gasteiger partial charge in [-0.15, -0.1) is 11.3 Å². The number of thiophene rings is 1. The summed E-state index contributed by atoms with van der Waals surface area (Å²) in [6, 6.07) is 2.49. The molecule has 0 aliphatic carbocycles. The van der Waals surface area contributed by atoms with Crippen LogP contribution in [-0.4, -0.2) is 44.3 Å². The van der Waals surface area contributed by atoms with Gasteiger partial charge in [0.15, 0.2) is 0 Å². The number of esters is 1. The van der Waals surface area contributed by atoms with Gasteiger partial charge in [0.1, 0.15) is 4.88 Å². The van der Waals surface area contributed by atoms with Gasteiger partial charge >= 0.3 is 5.97 Å². The van der Waals surface area contributed by atoms with E-state index in [2.05, 4.69) is 4.90 Å². The Morgan fingerprint density at radius 1 is 1.56 bits per heavy atom. The van der Waals surface area contributed by atoms with Crippen molar-refractivity contribution in [3.05, 3.63) is 21.9 Å². The maximum Gasteiger partial charge on any atom is 0.348 e. The van der Waals surface area contributed by atoms with Crippen LogP contribution in [0.4, 0.5) is 0 Å². The number of carbonyl (C=O) groups excluding carboxylic acids is 1. The highest BCUT2D eigenvalue weighted by atomic mass is 32.1. The Kier molecular flexibility index (Phi) is 4.74. The first kappa shape index (κ1) is 13.5. The number of hydrogen-bond acceptors (Lipinski definition) is 5. The van der Waals surface area contributed by atoms with E-state index >= 15 is 0 Å². The van der Waals surface area contributed by atoms with Gasteiger partial charge in [0.25, 0.3) is 0 Å². The maximum absolute atomic E-state index is 11.6. The molecule has 1 fully saturated rings. The Morgan fingerprint density at radius 3 is 3.11 bits per heavy atom. The van der Waals surface area contributed by atoms with Crippen LogP contribution in [0, 0.1) is 0 Å². The third-order valence-electron chi connectivity index (χ3n) is 3.35. The van der Waals surface area contributed by atoms with E-state index in [1.165, 1.54) is 31.3 Å². The highest BCUT2D eigenvalue weighted by Crippen LogP contribution is 2.24. The topological polar surface area (TPSA) is 38.8 Å². The molecule has 0 amide bonds. The lowest BCUT2D eigenvalue weighted by Crippen LogP contribution is -2.32. The zero-order valence-electron chi connectivity index (χ0n) is 10.8. The second kappa shape index (κ2) is 6.31. The summed E-state index contributed by atoms with van der Waals surface area (Å²) in [5.74, 6) is -0.234. The summed E-state index contributed by atoms with van der Waals surface area (Å²) in [6.07, 6.45) is 2.37. The summed E-state index contributed by atoms with van der Waals surface area (Å²) in [4.78, 5) is 14.7. The number of carbonyl (C=O) groups is 1. The SMILES string of the molecule is COC[C@@H]1CCCN1Cc1ccsc1C(=O)OC. The van der Waals surface area contributed by atoms with Crippen LogP contribution in [0.25, 0.3) is 0 Å². The molecule has 4 nitrogen and oxygen atoms in total. The van der Waals surface area contributed by atoms with Crippen molar-refractivity contribution in [3.63, 3.8) is 0 Å². The van der Waals surface area contributed by atoms with Crippen LogP contribution in [0.3, 0.4) is 0 Å². The minimum atomic E-state index is -0.234. The second-order valence-electron chi connectivity index (χ2n) is 4.49. The van der Waals surface area contributed by atoms with Crippen LogP contribution < -0.4 is 0 Å². The fourth-order valence-electron chi connectivity index (χ4n) is 2.44. The molecule has 2 heterocycles. The fourth-order valence-corrected chi connectivity index (χ4v) is 3.27. The summed E-state index contributed by atoms with van der Waals surface area (Å²) < 4.78 is 10.0. The minimum absolute atomic E-state index is 0.234. The molecule has 1 atom stereocenters. The minimum Gasteiger partial charge on any atom is -0.465 e. The van der Waals surface area contributed by atoms with E-state index in [9.17, 15) is 4.79 Å². The van der Waals surface area contributed by atoms with Crippen LogP contribution >= 0.6 is 11.3 Å². The molecule has 0 bridgehead atoms. The van der Waals surface area contributed by atoms with E-state index in [0.29, 0.717) is 6.04 Å². The Morgan fingerprint density at radius 2 is 2.39 bits per heavy atom. The first-order valence-corrected chi connectivity index (χ1v) is 7.02. The van der Waals surface area contributed by atoms with Gasteiger partial charge in [-0.2, -0.15) is 0 Å². The van der Waals surface area contributed by atoms with Gasteiger partial charge in [-0.25, -0.2) is 4.79 Å². The normalized spacial score (nSPS) is 20.2. The third kappa shape index (κ3) is 2.91. The number of likely N-dealkylation sites (tertiary alicyclic amines) is 1. The lowest BCUT2D eigenvalue weighted by Gasteiger charge is -2.23. The number of methoxy groups -OCH3 is 2. The monoisotopic (exact) mass is 269 g/mol. The van der Waals surface area contributed by atoms with Crippen molar-refractivity contribution < 1.29 is 14.3 Å². The van der Waals surface area contributed by atoms with E-state index in [-0.39, 0.29) is 5.97 Å². The number of ether oxygens (including phenoxy) is 2. The first-order valence-electron chi connectivity index (χ1n) is 6.14. The maximum atomic E-state index is 11.6. The Labute approximate surface area is 111 Å². The average Bonchev–Trinajstić information content (AvgIpc) is 3.00. The molecular weight excluding hydrogens is 250 g/mol. The second-order valence-corrected chi connectivity index (χ2v) is 5.40. The molecule has 1 aromatic rings. The lowest BCUT2D eigenvalue weighted by atomic mass is 10.2. The number of hydrogen-bond donors (Lipinski definition) is 0. The number of rotatable bonds is 5. The first-order chi connectivity index (χ1) is 8.76. The lowest BCUT2D eigenvalue weighted by molar-refractivity contribution is 0.0603. The Hall–Kier alpha value is -0.910. The molecule has 18 heavy (non-hydrogen) atoms. The highest BCUT2D eigenvalue weighted by Gasteiger charge is 2.26. The highest BCUT2D eigenvalue weighted by molar-refractivity contribution is 7.12. The van der Waals surface area contributed by atoms with Crippen molar-refractivity contribution in [1.29, 1.82) is 0 Å². The molecule has 0 spiro atoms. The van der Waals surface area contributed by atoms with Crippen molar-refractivity contribution >= 4 is 17.3 Å². The fraction of sp³-hybridized carbons (Fsp3) is 0.615. The van der Waals surface area contributed by atoms with Crippen molar-refractivity contribution in [2.45, 2.75) is 25.4 Å². The van der Waals surface area contributed by atoms with Crippen molar-refractivity contribution in [1.82, 2.24) is 4.90 Å². The van der Waals surface area contributed by atoms with Crippen molar-refractivity contribution in [3.8, 4) is 0 Å². The predicted molar refractivity (Wildman–Crippen MR) is 71.0 cm³/mol. The summed E-state index contributed by atoms with van der Waals surface area (Å²) in [6.45, 7) is 2.64. The summed E-state index contributed by atoms with van der Waals surface area (Å²) >= 11 is 1.45. The summed E-state index contributed by atoms with van der Waals surface area (Å²) in [5.41, 5.74) is 1.06. The van der Waals surface area contributed by atoms with Gasteiger partial charge in [-0.1, -0.05) is 0 Å². The van der Waals surface area contributed by atoms with Gasteiger partial charge in [-0.3, -0.25) is 4.90 Å². The quantitative estimate of drug-likeness (QED) is 0.768. The van der Waals surface area contributed by atoms with E-state index < -0.39 is 0 Å². The number of nitrogens with zero attached hydrogens (tertiary/aromatic N) is 1. The molecule has 0 radical (unpaired) electrons. The van der Waals surface area contributed by atoms with Crippen LogP contribution in [0.1, 0.15) is 28.1 Å². The van der Waals surface area contributed by atoms with Gasteiger partial charge in [0.05, 0.1) is 13.7 Å². The van der Waals surface area contributed by atoms with Crippen LogP contribution in [0.5, 0.6) is 0 Å². The third-order valence-corrected chi connectivity index (χ3v) is 4.29. The molecule has 0 aromatic carbocycles. The Bertz CT molecular complexity index is 405. The van der Waals surface area contributed by atoms with E-state index in [0.717, 1.165) is 30.1 Å². The van der Waals surface area contributed by atoms with Gasteiger partial charge in [0.2, 0.25) is 0 Å². The Balaban J connectivity index is 2.05. The van der Waals surface area contributed by atoms with Gasteiger partial charge in [-0.05, 0) is 36.4 Å². The van der Waals surface area contributed by atoms with Crippen LogP contribution in [0.2, 0.25) is 0 Å². The van der Waals surface area contributed by atoms with Gasteiger partial charge in [0, 0.05) is 19.7 Å². The van der Waals surface area contributed by atoms with E-state index in [1.807, 2.05) is 11.4 Å². The van der Waals surface area contributed by atoms with E-state index in [4.69, 9.17) is 9.47 Å². The van der Waals surface area contributed by atoms with Crippen molar-refractivity contribution in [2.24, 2.45) is 0 Å². The molecule has 0 N–H and O–H groups in total. The standard InChI is InChI=1S/C13H19NO3S/c1-16-9-11-4-3-6-14(11)8-10-5-7-18-12(10)13(15)17-2/h5,7,11H,3-4,6,8-9H2,1-2H3/t11-/m0/s1. The molecule has 1 aliphatic heterocycles. The predicted octanol–water partition coefficient (Wildman–Crippen LogP) is 2.15. The molecule has 1 aromatic heterocycles. The van der Waals surface area contributed by atoms with Crippen LogP contribution in [-0.2, 0) is 16.0 Å². The summed E-state index contributed by atoms with van der Waals surface area (Å²) in [5, 5.41) is 1.95. The summed E-state index contributed by atoms with van der Waals surface area (Å²) in [7, 11) is 3.16. The van der Waals surface area contributed by atoms with Gasteiger partial charge < -0.3 is 9.47 Å². The zero-order valence-corrected chi connectivity index (χ0v) is 11.7. The molecule has 1 aliphatic rings. The van der Waals surface area contributed by atoms with Crippen molar-refractivity contribution in [2.75, 3.05) is 27.4 Å². The molecule has 5 heteroatoms. The molecule has 100 valence electrons. The smallest absolute Gasteiger partial charge is 0.348 e. The largest absolute Gasteiger partial charge is 0.465 e. The molecule has 0 saturated carbocycles. The van der Waals surface area contributed by atoms with E-state index in [1.54, 1.807) is 7.11 Å². The molecule has 0 unspecified atom stereocenters. The zero-order chi connectivity index (χ0) is 13.0. The molecule has 1 saturated heterocycles. The molecular formula is C13H19NO3S.